The summed E-state index contributed by atoms with van der Waals surface area (Å²) in [7, 11) is 5.47. The van der Waals surface area contributed by atoms with Crippen molar-refractivity contribution in [1.29, 1.82) is 0 Å². The van der Waals surface area contributed by atoms with E-state index in [1.54, 1.807) is 18.5 Å². The number of pyridine rings is 2. The summed E-state index contributed by atoms with van der Waals surface area (Å²) in [5.41, 5.74) is 7.15. The first-order chi connectivity index (χ1) is 17.5. The number of aromatic amines is 2. The van der Waals surface area contributed by atoms with Gasteiger partial charge < -0.3 is 14.6 Å². The van der Waals surface area contributed by atoms with Crippen LogP contribution in [0.25, 0.3) is 55.8 Å². The molecule has 0 bridgehead atoms. The van der Waals surface area contributed by atoms with E-state index in [0.29, 0.717) is 28.3 Å². The zero-order chi connectivity index (χ0) is 24.8. The SMILES string of the molecule is COc1cc(F)cc(-c2cccc3[nH]c(-c4n[nH]c5cnc(-c6cncc(N(C)C)c6)cc45)nc23)c1. The van der Waals surface area contributed by atoms with Crippen molar-refractivity contribution >= 4 is 27.6 Å². The zero-order valence-electron chi connectivity index (χ0n) is 19.9. The molecule has 0 spiro atoms. The molecule has 8 nitrogen and oxygen atoms in total. The minimum absolute atomic E-state index is 0.372. The Bertz CT molecular complexity index is 1740. The van der Waals surface area contributed by atoms with Gasteiger partial charge >= 0.3 is 0 Å². The fraction of sp³-hybridized carbons (Fsp3) is 0.111. The number of nitrogens with zero attached hydrogens (tertiary/aromatic N) is 5. The van der Waals surface area contributed by atoms with Gasteiger partial charge in [0.05, 0.1) is 47.4 Å². The molecule has 0 saturated heterocycles. The van der Waals surface area contributed by atoms with Gasteiger partial charge in [-0.25, -0.2) is 9.37 Å². The van der Waals surface area contributed by atoms with E-state index in [1.165, 1.54) is 19.2 Å². The number of hydrogen-bond donors (Lipinski definition) is 2. The Morgan fingerprint density at radius 3 is 2.67 bits per heavy atom. The maximum Gasteiger partial charge on any atom is 0.159 e. The van der Waals surface area contributed by atoms with Gasteiger partial charge in [-0.05, 0) is 35.9 Å². The Balaban J connectivity index is 1.47. The number of benzene rings is 2. The monoisotopic (exact) mass is 479 g/mol. The van der Waals surface area contributed by atoms with Crippen molar-refractivity contribution in [2.75, 3.05) is 26.1 Å². The Morgan fingerprint density at radius 1 is 0.944 bits per heavy atom. The van der Waals surface area contributed by atoms with Crippen LogP contribution in [-0.2, 0) is 0 Å². The third-order valence-electron chi connectivity index (χ3n) is 6.14. The lowest BCUT2D eigenvalue weighted by atomic mass is 10.0. The largest absolute Gasteiger partial charge is 0.497 e. The fourth-order valence-electron chi connectivity index (χ4n) is 4.28. The van der Waals surface area contributed by atoms with Crippen molar-refractivity contribution in [3.63, 3.8) is 0 Å². The first kappa shape index (κ1) is 21.7. The highest BCUT2D eigenvalue weighted by Crippen LogP contribution is 2.34. The molecular weight excluding hydrogens is 457 g/mol. The van der Waals surface area contributed by atoms with Gasteiger partial charge in [0, 0.05) is 42.9 Å². The second-order valence-corrected chi connectivity index (χ2v) is 8.68. The molecule has 6 rings (SSSR count). The summed E-state index contributed by atoms with van der Waals surface area (Å²) in [6.07, 6.45) is 5.36. The number of para-hydroxylation sites is 1. The van der Waals surface area contributed by atoms with E-state index in [4.69, 9.17) is 9.72 Å². The van der Waals surface area contributed by atoms with Crippen LogP contribution in [0, 0.1) is 5.82 Å². The summed E-state index contributed by atoms with van der Waals surface area (Å²) in [6, 6.07) is 14.4. The number of halogens is 1. The highest BCUT2D eigenvalue weighted by atomic mass is 19.1. The smallest absolute Gasteiger partial charge is 0.159 e. The number of methoxy groups -OCH3 is 1. The van der Waals surface area contributed by atoms with Crippen LogP contribution < -0.4 is 9.64 Å². The first-order valence-electron chi connectivity index (χ1n) is 11.3. The first-order valence-corrected chi connectivity index (χ1v) is 11.3. The molecule has 2 aromatic carbocycles. The summed E-state index contributed by atoms with van der Waals surface area (Å²) in [4.78, 5) is 19.2. The predicted molar refractivity (Wildman–Crippen MR) is 138 cm³/mol. The van der Waals surface area contributed by atoms with E-state index in [0.717, 1.165) is 38.9 Å². The van der Waals surface area contributed by atoms with E-state index in [9.17, 15) is 4.39 Å². The lowest BCUT2D eigenvalue weighted by Gasteiger charge is -2.12. The molecule has 0 atom stereocenters. The Hall–Kier alpha value is -4.79. The average molecular weight is 480 g/mol. The van der Waals surface area contributed by atoms with Gasteiger partial charge in [0.15, 0.2) is 5.82 Å². The van der Waals surface area contributed by atoms with Gasteiger partial charge in [0.2, 0.25) is 0 Å². The Labute approximate surface area is 205 Å². The molecule has 2 N–H and O–H groups in total. The molecule has 9 heteroatoms. The molecule has 0 saturated carbocycles. The summed E-state index contributed by atoms with van der Waals surface area (Å²) < 4.78 is 19.5. The number of hydrogen-bond acceptors (Lipinski definition) is 6. The second kappa shape index (κ2) is 8.46. The van der Waals surface area contributed by atoms with E-state index in [1.807, 2.05) is 55.5 Å². The van der Waals surface area contributed by atoms with Crippen molar-refractivity contribution in [3.05, 3.63) is 72.9 Å². The average Bonchev–Trinajstić information content (AvgIpc) is 3.51. The van der Waals surface area contributed by atoms with Crippen LogP contribution in [-0.4, -0.2) is 51.3 Å². The van der Waals surface area contributed by atoms with Crippen LogP contribution in [0.4, 0.5) is 10.1 Å². The topological polar surface area (TPSA) is 95.6 Å². The molecular formula is C27H22FN7O. The lowest BCUT2D eigenvalue weighted by molar-refractivity contribution is 0.411. The van der Waals surface area contributed by atoms with E-state index in [-0.39, 0.29) is 5.82 Å². The molecule has 4 aromatic heterocycles. The third kappa shape index (κ3) is 3.70. The van der Waals surface area contributed by atoms with Gasteiger partial charge in [0.25, 0.3) is 0 Å². The number of rotatable bonds is 5. The van der Waals surface area contributed by atoms with Crippen LogP contribution in [0.3, 0.4) is 0 Å². The van der Waals surface area contributed by atoms with Crippen molar-refractivity contribution in [1.82, 2.24) is 30.1 Å². The molecule has 4 heterocycles. The molecule has 0 unspecified atom stereocenters. The minimum atomic E-state index is -0.372. The van der Waals surface area contributed by atoms with Crippen molar-refractivity contribution < 1.29 is 9.13 Å². The number of anilines is 1. The fourth-order valence-corrected chi connectivity index (χ4v) is 4.28. The summed E-state index contributed by atoms with van der Waals surface area (Å²) >= 11 is 0. The highest BCUT2D eigenvalue weighted by molar-refractivity contribution is 5.98. The highest BCUT2D eigenvalue weighted by Gasteiger charge is 2.17. The standard InChI is InChI=1S/C27H22FN7O/c1-35(2)18-8-16(12-29-13-18)23-11-21-24(14-30-23)33-34-26(21)27-31-22-6-4-5-20(25(22)32-27)15-7-17(28)10-19(9-15)36-3/h4-14H,1-3H3,(H,31,32)(H,33,34). The summed E-state index contributed by atoms with van der Waals surface area (Å²) in [5, 5.41) is 8.45. The van der Waals surface area contributed by atoms with Crippen LogP contribution in [0.1, 0.15) is 0 Å². The molecule has 0 radical (unpaired) electrons. The van der Waals surface area contributed by atoms with Gasteiger partial charge in [-0.15, -0.1) is 0 Å². The number of H-pyrrole nitrogens is 2. The van der Waals surface area contributed by atoms with Crippen LogP contribution >= 0.6 is 0 Å². The van der Waals surface area contributed by atoms with E-state index >= 15 is 0 Å². The van der Waals surface area contributed by atoms with Crippen LogP contribution in [0.15, 0.2) is 67.1 Å². The van der Waals surface area contributed by atoms with Gasteiger partial charge in [0.1, 0.15) is 17.3 Å². The van der Waals surface area contributed by atoms with Crippen molar-refractivity contribution in [3.8, 4) is 39.7 Å². The molecule has 0 amide bonds. The second-order valence-electron chi connectivity index (χ2n) is 8.68. The van der Waals surface area contributed by atoms with Gasteiger partial charge in [-0.2, -0.15) is 5.10 Å². The number of ether oxygens (including phenoxy) is 1. The zero-order valence-corrected chi connectivity index (χ0v) is 19.9. The minimum Gasteiger partial charge on any atom is -0.497 e. The van der Waals surface area contributed by atoms with Gasteiger partial charge in [-0.1, -0.05) is 12.1 Å². The van der Waals surface area contributed by atoms with Crippen molar-refractivity contribution in [2.45, 2.75) is 0 Å². The van der Waals surface area contributed by atoms with Gasteiger partial charge in [-0.3, -0.25) is 15.1 Å². The van der Waals surface area contributed by atoms with E-state index < -0.39 is 0 Å². The number of imidazole rings is 1. The Morgan fingerprint density at radius 2 is 1.83 bits per heavy atom. The molecule has 0 fully saturated rings. The normalized spacial score (nSPS) is 11.3. The summed E-state index contributed by atoms with van der Waals surface area (Å²) in [6.45, 7) is 0. The number of nitrogens with one attached hydrogen (secondary N) is 2. The van der Waals surface area contributed by atoms with Crippen molar-refractivity contribution in [2.24, 2.45) is 0 Å². The van der Waals surface area contributed by atoms with Crippen LogP contribution in [0.2, 0.25) is 0 Å². The molecule has 0 aliphatic carbocycles. The maximum absolute atomic E-state index is 14.2. The maximum atomic E-state index is 14.2. The molecule has 0 aliphatic heterocycles. The molecule has 36 heavy (non-hydrogen) atoms. The van der Waals surface area contributed by atoms with E-state index in [2.05, 4.69) is 25.1 Å². The molecule has 0 aliphatic rings. The number of aromatic nitrogens is 6. The quantitative estimate of drug-likeness (QED) is 0.342. The molecule has 6 aromatic rings. The Kier molecular flexibility index (Phi) is 5.10. The number of fused-ring (bicyclic) bond motifs is 2. The predicted octanol–water partition coefficient (Wildman–Crippen LogP) is 5.44. The lowest BCUT2D eigenvalue weighted by Crippen LogP contribution is -2.08. The van der Waals surface area contributed by atoms with Crippen LogP contribution in [0.5, 0.6) is 5.75 Å². The molecule has 178 valence electrons. The third-order valence-corrected chi connectivity index (χ3v) is 6.14. The summed E-state index contributed by atoms with van der Waals surface area (Å²) in [5.74, 6) is 0.677.